The fourth-order valence-electron chi connectivity index (χ4n) is 1.74. The van der Waals surface area contributed by atoms with Crippen LogP contribution < -0.4 is 4.72 Å². The molecule has 1 N–H and O–H groups in total. The Morgan fingerprint density at radius 3 is 2.50 bits per heavy atom. The Balaban J connectivity index is 3.14. The minimum atomic E-state index is -1.35. The Morgan fingerprint density at radius 1 is 1.50 bits per heavy atom. The molecule has 1 rings (SSSR count). The minimum Gasteiger partial charge on any atom is -0.598 e. The van der Waals surface area contributed by atoms with Gasteiger partial charge in [-0.15, -0.1) is 16.1 Å². The standard InChI is InChI=1S/C14H21BrClNO3S2/c1-6-20-11(18)8-14(5,17-22(19)13(2,3)4)12-9(16)7-10(15)21-12/h7,17H,6,8H2,1-5H3/t14-,22?/m0/s1. The van der Waals surface area contributed by atoms with Gasteiger partial charge in [-0.05, 0) is 56.6 Å². The summed E-state index contributed by atoms with van der Waals surface area (Å²) < 4.78 is 21.0. The van der Waals surface area contributed by atoms with Crippen LogP contribution >= 0.6 is 38.9 Å². The molecule has 4 nitrogen and oxygen atoms in total. The lowest BCUT2D eigenvalue weighted by Gasteiger charge is -2.34. The molecule has 0 aliphatic rings. The third-order valence-corrected chi connectivity index (χ3v) is 6.90. The van der Waals surface area contributed by atoms with E-state index in [1.807, 2.05) is 27.7 Å². The fraction of sp³-hybridized carbons (Fsp3) is 0.643. The van der Waals surface area contributed by atoms with Gasteiger partial charge in [0.2, 0.25) is 0 Å². The van der Waals surface area contributed by atoms with Crippen molar-refractivity contribution in [3.63, 3.8) is 0 Å². The molecule has 0 aliphatic heterocycles. The van der Waals surface area contributed by atoms with Crippen LogP contribution in [-0.4, -0.2) is 21.9 Å². The highest BCUT2D eigenvalue weighted by Crippen LogP contribution is 2.41. The van der Waals surface area contributed by atoms with Gasteiger partial charge in [0.05, 0.1) is 21.8 Å². The topological polar surface area (TPSA) is 61.4 Å². The molecule has 0 aliphatic carbocycles. The fourth-order valence-corrected chi connectivity index (χ4v) is 4.91. The van der Waals surface area contributed by atoms with Gasteiger partial charge in [-0.25, -0.2) is 0 Å². The van der Waals surface area contributed by atoms with Gasteiger partial charge in [0.15, 0.2) is 0 Å². The average Bonchev–Trinajstić information content (AvgIpc) is 2.67. The van der Waals surface area contributed by atoms with Crippen molar-refractivity contribution in [1.29, 1.82) is 0 Å². The van der Waals surface area contributed by atoms with Crippen molar-refractivity contribution in [3.05, 3.63) is 19.8 Å². The van der Waals surface area contributed by atoms with E-state index in [1.165, 1.54) is 11.3 Å². The molecule has 0 aromatic carbocycles. The van der Waals surface area contributed by atoms with Crippen LogP contribution in [0, 0.1) is 0 Å². The zero-order chi connectivity index (χ0) is 17.1. The van der Waals surface area contributed by atoms with Gasteiger partial charge >= 0.3 is 5.97 Å². The Bertz CT molecular complexity index is 533. The van der Waals surface area contributed by atoms with Gasteiger partial charge < -0.3 is 9.29 Å². The van der Waals surface area contributed by atoms with Gasteiger partial charge in [0, 0.05) is 16.2 Å². The van der Waals surface area contributed by atoms with E-state index < -0.39 is 21.6 Å². The number of rotatable bonds is 6. The molecule has 0 spiro atoms. The molecule has 2 atom stereocenters. The van der Waals surface area contributed by atoms with Crippen molar-refractivity contribution in [1.82, 2.24) is 4.72 Å². The van der Waals surface area contributed by atoms with Gasteiger partial charge in [-0.3, -0.25) is 4.79 Å². The molecular weight excluding hydrogens is 410 g/mol. The molecule has 0 amide bonds. The monoisotopic (exact) mass is 429 g/mol. The molecule has 1 aromatic rings. The summed E-state index contributed by atoms with van der Waals surface area (Å²) in [5.74, 6) is -0.357. The zero-order valence-electron chi connectivity index (χ0n) is 13.3. The first-order valence-corrected chi connectivity index (χ1v) is 9.94. The van der Waals surface area contributed by atoms with Crippen LogP contribution in [0.4, 0.5) is 0 Å². The molecule has 1 aromatic heterocycles. The van der Waals surface area contributed by atoms with E-state index in [0.29, 0.717) is 11.6 Å². The number of hydrogen-bond acceptors (Lipinski definition) is 5. The van der Waals surface area contributed by atoms with Gasteiger partial charge in [0.25, 0.3) is 0 Å². The normalized spacial score (nSPS) is 16.2. The third kappa shape index (κ3) is 5.39. The second kappa shape index (κ2) is 7.85. The number of carbonyl (C=O) groups is 1. The van der Waals surface area contributed by atoms with Crippen LogP contribution in [0.2, 0.25) is 5.02 Å². The summed E-state index contributed by atoms with van der Waals surface area (Å²) in [6.45, 7) is 9.48. The number of thiophene rings is 1. The number of ether oxygens (including phenoxy) is 1. The zero-order valence-corrected chi connectivity index (χ0v) is 17.3. The highest BCUT2D eigenvalue weighted by Gasteiger charge is 2.41. The van der Waals surface area contributed by atoms with E-state index in [0.717, 1.165) is 8.66 Å². The molecule has 0 fully saturated rings. The number of esters is 1. The van der Waals surface area contributed by atoms with E-state index in [9.17, 15) is 9.35 Å². The maximum Gasteiger partial charge on any atom is 0.308 e. The molecular formula is C14H21BrClNO3S2. The average molecular weight is 431 g/mol. The van der Waals surface area contributed by atoms with E-state index in [4.69, 9.17) is 16.3 Å². The summed E-state index contributed by atoms with van der Waals surface area (Å²) in [6.07, 6.45) is 0.0509. The summed E-state index contributed by atoms with van der Waals surface area (Å²) in [4.78, 5) is 12.7. The third-order valence-electron chi connectivity index (χ3n) is 2.84. The summed E-state index contributed by atoms with van der Waals surface area (Å²) in [5, 5.41) is 0.530. The van der Waals surface area contributed by atoms with Crippen LogP contribution in [0.5, 0.6) is 0 Å². The van der Waals surface area contributed by atoms with Gasteiger partial charge in [-0.2, -0.15) is 0 Å². The molecule has 8 heteroatoms. The van der Waals surface area contributed by atoms with Crippen molar-refractivity contribution in [2.45, 2.75) is 51.3 Å². The predicted octanol–water partition coefficient (Wildman–Crippen LogP) is 4.38. The van der Waals surface area contributed by atoms with E-state index in [2.05, 4.69) is 20.7 Å². The molecule has 0 bridgehead atoms. The molecule has 126 valence electrons. The Morgan fingerprint density at radius 2 is 2.09 bits per heavy atom. The first kappa shape index (κ1) is 20.3. The molecule has 0 saturated heterocycles. The minimum absolute atomic E-state index is 0.0509. The number of halogens is 2. The summed E-state index contributed by atoms with van der Waals surface area (Å²) in [7, 11) is 0. The molecule has 0 saturated carbocycles. The Labute approximate surface area is 152 Å². The number of hydrogen-bond donors (Lipinski definition) is 1. The highest BCUT2D eigenvalue weighted by molar-refractivity contribution is 9.11. The summed E-state index contributed by atoms with van der Waals surface area (Å²) in [6, 6.07) is 1.77. The lowest BCUT2D eigenvalue weighted by molar-refractivity contribution is -0.144. The van der Waals surface area contributed by atoms with E-state index in [-0.39, 0.29) is 12.4 Å². The van der Waals surface area contributed by atoms with Crippen molar-refractivity contribution in [2.75, 3.05) is 6.61 Å². The maximum absolute atomic E-state index is 12.5. The lowest BCUT2D eigenvalue weighted by Crippen LogP contribution is -2.50. The maximum atomic E-state index is 12.5. The van der Waals surface area contributed by atoms with Crippen LogP contribution in [0.15, 0.2) is 9.85 Å². The predicted molar refractivity (Wildman–Crippen MR) is 96.7 cm³/mol. The number of nitrogens with one attached hydrogen (secondary N) is 1. The molecule has 1 heterocycles. The molecule has 22 heavy (non-hydrogen) atoms. The second-order valence-electron chi connectivity index (χ2n) is 6.02. The van der Waals surface area contributed by atoms with Crippen LogP contribution in [-0.2, 0) is 26.4 Å². The molecule has 0 radical (unpaired) electrons. The SMILES string of the molecule is CCOC(=O)C[C@](C)(N[S+]([O-])C(C)(C)C)c1sc(Br)cc1Cl. The quantitative estimate of drug-likeness (QED) is 0.537. The largest absolute Gasteiger partial charge is 0.598 e. The Kier molecular flexibility index (Phi) is 7.23. The van der Waals surface area contributed by atoms with E-state index in [1.54, 1.807) is 13.0 Å². The van der Waals surface area contributed by atoms with Crippen molar-refractivity contribution in [2.24, 2.45) is 0 Å². The van der Waals surface area contributed by atoms with Gasteiger partial charge in [0.1, 0.15) is 10.3 Å². The van der Waals surface area contributed by atoms with E-state index >= 15 is 0 Å². The lowest BCUT2D eigenvalue weighted by atomic mass is 9.97. The smallest absolute Gasteiger partial charge is 0.308 e. The van der Waals surface area contributed by atoms with Crippen molar-refractivity contribution >= 4 is 56.2 Å². The summed E-state index contributed by atoms with van der Waals surface area (Å²) >= 11 is 9.73. The van der Waals surface area contributed by atoms with Gasteiger partial charge in [-0.1, -0.05) is 11.6 Å². The van der Waals surface area contributed by atoms with Crippen LogP contribution in [0.1, 0.15) is 45.9 Å². The second-order valence-corrected chi connectivity index (χ2v) is 10.8. The Hall–Kier alpha value is 0.210. The van der Waals surface area contributed by atoms with Crippen LogP contribution in [0.25, 0.3) is 0 Å². The van der Waals surface area contributed by atoms with Crippen molar-refractivity contribution in [3.8, 4) is 0 Å². The van der Waals surface area contributed by atoms with Crippen LogP contribution in [0.3, 0.4) is 0 Å². The first-order valence-electron chi connectivity index (χ1n) is 6.80. The summed E-state index contributed by atoms with van der Waals surface area (Å²) in [5.41, 5.74) is -0.863. The first-order chi connectivity index (χ1) is 9.99. The number of carbonyl (C=O) groups excluding carboxylic acids is 1. The molecule has 1 unspecified atom stereocenters. The van der Waals surface area contributed by atoms with Crippen molar-refractivity contribution < 1.29 is 14.1 Å². The highest BCUT2D eigenvalue weighted by atomic mass is 79.9.